The molecule has 2 aromatic carbocycles. The minimum atomic E-state index is -0.439. The summed E-state index contributed by atoms with van der Waals surface area (Å²) in [6.07, 6.45) is -0.439. The highest BCUT2D eigenvalue weighted by molar-refractivity contribution is 9.10. The lowest BCUT2D eigenvalue weighted by Gasteiger charge is -2.19. The summed E-state index contributed by atoms with van der Waals surface area (Å²) in [5.41, 5.74) is 3.29. The van der Waals surface area contributed by atoms with E-state index in [9.17, 15) is 0 Å². The van der Waals surface area contributed by atoms with E-state index in [0.29, 0.717) is 21.8 Å². The Labute approximate surface area is 168 Å². The molecule has 0 fully saturated rings. The van der Waals surface area contributed by atoms with Gasteiger partial charge in [-0.05, 0) is 36.1 Å². The number of halogens is 2. The van der Waals surface area contributed by atoms with Crippen LogP contribution in [0.5, 0.6) is 5.88 Å². The van der Waals surface area contributed by atoms with Crippen molar-refractivity contribution < 1.29 is 4.74 Å². The summed E-state index contributed by atoms with van der Waals surface area (Å²) in [7, 11) is 0. The molecule has 0 bridgehead atoms. The molecule has 132 valence electrons. The van der Waals surface area contributed by atoms with Crippen LogP contribution in [0.15, 0.2) is 52.1 Å². The number of hydrogen-bond acceptors (Lipinski definition) is 6. The fraction of sp³-hybridized carbons (Fsp3) is 0.167. The highest BCUT2D eigenvalue weighted by atomic mass is 79.9. The van der Waals surface area contributed by atoms with Gasteiger partial charge in [0.25, 0.3) is 0 Å². The molecule has 0 radical (unpaired) electrons. The number of benzene rings is 2. The van der Waals surface area contributed by atoms with Crippen molar-refractivity contribution >= 4 is 45.0 Å². The third kappa shape index (κ3) is 3.51. The van der Waals surface area contributed by atoms with Crippen LogP contribution in [0, 0.1) is 0 Å². The monoisotopic (exact) mass is 448 g/mol. The Morgan fingerprint density at radius 3 is 2.92 bits per heavy atom. The van der Waals surface area contributed by atoms with Crippen LogP contribution in [-0.2, 0) is 0 Å². The van der Waals surface area contributed by atoms with Crippen LogP contribution in [0.2, 0.25) is 5.02 Å². The predicted octanol–water partition coefficient (Wildman–Crippen LogP) is 5.57. The van der Waals surface area contributed by atoms with Crippen LogP contribution >= 0.6 is 39.3 Å². The maximum atomic E-state index is 6.20. The molecular formula is C18H14BrClN4OS. The lowest BCUT2D eigenvalue weighted by molar-refractivity contribution is 0.225. The summed E-state index contributed by atoms with van der Waals surface area (Å²) >= 11 is 11.2. The maximum Gasteiger partial charge on any atom is 0.247 e. The predicted molar refractivity (Wildman–Crippen MR) is 108 cm³/mol. The molecule has 0 aliphatic carbocycles. The van der Waals surface area contributed by atoms with Crippen molar-refractivity contribution in [2.75, 3.05) is 11.1 Å². The third-order valence-electron chi connectivity index (χ3n) is 3.81. The second-order valence-electron chi connectivity index (χ2n) is 5.57. The zero-order valence-corrected chi connectivity index (χ0v) is 16.9. The van der Waals surface area contributed by atoms with Crippen molar-refractivity contribution in [2.45, 2.75) is 18.3 Å². The topological polar surface area (TPSA) is 59.9 Å². The highest BCUT2D eigenvalue weighted by Gasteiger charge is 2.26. The zero-order valence-electron chi connectivity index (χ0n) is 13.7. The Bertz CT molecular complexity index is 972. The molecule has 1 aliphatic rings. The van der Waals surface area contributed by atoms with Gasteiger partial charge in [0.2, 0.25) is 11.0 Å². The molecule has 1 N–H and O–H groups in total. The minimum Gasteiger partial charge on any atom is -0.448 e. The molecule has 2 heterocycles. The summed E-state index contributed by atoms with van der Waals surface area (Å²) in [4.78, 5) is 4.57. The van der Waals surface area contributed by atoms with Crippen LogP contribution in [0.25, 0.3) is 11.3 Å². The molecule has 1 aliphatic heterocycles. The summed E-state index contributed by atoms with van der Waals surface area (Å²) in [5, 5.41) is 13.3. The number of hydrogen-bond donors (Lipinski definition) is 1. The third-order valence-corrected chi connectivity index (χ3v) is 5.26. The molecule has 0 saturated heterocycles. The first-order valence-corrected chi connectivity index (χ1v) is 10.2. The van der Waals surface area contributed by atoms with Crippen molar-refractivity contribution in [1.82, 2.24) is 15.2 Å². The fourth-order valence-corrected chi connectivity index (χ4v) is 3.74. The van der Waals surface area contributed by atoms with Crippen molar-refractivity contribution in [3.8, 4) is 17.1 Å². The summed E-state index contributed by atoms with van der Waals surface area (Å²) in [6.45, 7) is 2.04. The van der Waals surface area contributed by atoms with Gasteiger partial charge < -0.3 is 10.1 Å². The Hall–Kier alpha value is -1.83. The van der Waals surface area contributed by atoms with Crippen molar-refractivity contribution in [3.63, 3.8) is 0 Å². The van der Waals surface area contributed by atoms with E-state index in [4.69, 9.17) is 16.3 Å². The zero-order chi connectivity index (χ0) is 18.1. The van der Waals surface area contributed by atoms with E-state index in [0.717, 1.165) is 27.0 Å². The van der Waals surface area contributed by atoms with Crippen molar-refractivity contribution in [1.29, 1.82) is 0 Å². The molecule has 0 saturated carbocycles. The van der Waals surface area contributed by atoms with Crippen LogP contribution in [0.4, 0.5) is 5.69 Å². The van der Waals surface area contributed by atoms with E-state index in [-0.39, 0.29) is 0 Å². The lowest BCUT2D eigenvalue weighted by atomic mass is 10.1. The van der Waals surface area contributed by atoms with Gasteiger partial charge >= 0.3 is 0 Å². The quantitative estimate of drug-likeness (QED) is 0.528. The van der Waals surface area contributed by atoms with E-state index in [1.54, 1.807) is 0 Å². The molecule has 1 aromatic heterocycles. The number of nitrogens with zero attached hydrogens (tertiary/aromatic N) is 3. The molecule has 0 spiro atoms. The first-order valence-electron chi connectivity index (χ1n) is 8.00. The smallest absolute Gasteiger partial charge is 0.247 e. The standard InChI is InChI=1S/C18H14BrClN4OS/c1-2-26-18-22-17-15(23-24-18)13-9-11(19)6-7-14(13)21-16(25-17)10-4-3-5-12(20)8-10/h3-9,16,21H,2H2,1H3. The highest BCUT2D eigenvalue weighted by Crippen LogP contribution is 2.40. The van der Waals surface area contributed by atoms with E-state index in [2.05, 4.69) is 36.4 Å². The molecule has 26 heavy (non-hydrogen) atoms. The van der Waals surface area contributed by atoms with Crippen LogP contribution in [0.1, 0.15) is 18.7 Å². The molecule has 5 nitrogen and oxygen atoms in total. The van der Waals surface area contributed by atoms with Crippen LogP contribution in [0.3, 0.4) is 0 Å². The number of thioether (sulfide) groups is 1. The van der Waals surface area contributed by atoms with E-state index < -0.39 is 6.23 Å². The molecule has 8 heteroatoms. The largest absolute Gasteiger partial charge is 0.448 e. The van der Waals surface area contributed by atoms with Gasteiger partial charge in [-0.15, -0.1) is 10.2 Å². The molecule has 3 aromatic rings. The van der Waals surface area contributed by atoms with Gasteiger partial charge in [0.1, 0.15) is 0 Å². The van der Waals surface area contributed by atoms with Gasteiger partial charge in [-0.3, -0.25) is 0 Å². The van der Waals surface area contributed by atoms with Gasteiger partial charge in [-0.1, -0.05) is 58.3 Å². The number of nitrogens with one attached hydrogen (secondary N) is 1. The SMILES string of the molecule is CCSc1nnc2c(n1)OC(c1cccc(Cl)c1)Nc1ccc(Br)cc1-2. The van der Waals surface area contributed by atoms with E-state index >= 15 is 0 Å². The Morgan fingerprint density at radius 1 is 1.23 bits per heavy atom. The minimum absolute atomic E-state index is 0.439. The molecular weight excluding hydrogens is 436 g/mol. The first kappa shape index (κ1) is 17.6. The normalized spacial score (nSPS) is 15.3. The number of aromatic nitrogens is 3. The Morgan fingerprint density at radius 2 is 2.12 bits per heavy atom. The van der Waals surface area contributed by atoms with E-state index in [1.165, 1.54) is 11.8 Å². The van der Waals surface area contributed by atoms with Crippen LogP contribution < -0.4 is 10.1 Å². The van der Waals surface area contributed by atoms with Crippen LogP contribution in [-0.4, -0.2) is 20.9 Å². The van der Waals surface area contributed by atoms with Gasteiger partial charge in [0.05, 0.1) is 0 Å². The van der Waals surface area contributed by atoms with Crippen molar-refractivity contribution in [3.05, 3.63) is 57.5 Å². The molecule has 1 atom stereocenters. The van der Waals surface area contributed by atoms with E-state index in [1.807, 2.05) is 49.4 Å². The number of rotatable bonds is 3. The van der Waals surface area contributed by atoms with Gasteiger partial charge in [-0.2, -0.15) is 4.98 Å². The van der Waals surface area contributed by atoms with Gasteiger partial charge in [0.15, 0.2) is 11.9 Å². The number of ether oxygens (including phenoxy) is 1. The number of anilines is 1. The first-order chi connectivity index (χ1) is 12.6. The van der Waals surface area contributed by atoms with Crippen molar-refractivity contribution in [2.24, 2.45) is 0 Å². The number of fused-ring (bicyclic) bond motifs is 3. The fourth-order valence-electron chi connectivity index (χ4n) is 2.68. The maximum absolute atomic E-state index is 6.20. The second kappa shape index (κ2) is 7.42. The second-order valence-corrected chi connectivity index (χ2v) is 8.15. The average molecular weight is 450 g/mol. The lowest BCUT2D eigenvalue weighted by Crippen LogP contribution is -2.17. The summed E-state index contributed by atoms with van der Waals surface area (Å²) in [5.74, 6) is 1.31. The van der Waals surface area contributed by atoms with Gasteiger partial charge in [0, 0.05) is 26.3 Å². The Balaban J connectivity index is 1.86. The summed E-state index contributed by atoms with van der Waals surface area (Å²) < 4.78 is 7.14. The Kier molecular flexibility index (Phi) is 5.02. The molecule has 0 amide bonds. The molecule has 1 unspecified atom stereocenters. The summed E-state index contributed by atoms with van der Waals surface area (Å²) in [6, 6.07) is 13.5. The average Bonchev–Trinajstić information content (AvgIpc) is 2.78. The molecule has 4 rings (SSSR count). The van der Waals surface area contributed by atoms with Gasteiger partial charge in [-0.25, -0.2) is 0 Å².